The Kier molecular flexibility index (Phi) is 5.00. The van der Waals surface area contributed by atoms with E-state index in [0.29, 0.717) is 12.0 Å². The molecule has 1 aromatic rings. The number of aryl methyl sites for hydroxylation is 1. The van der Waals surface area contributed by atoms with Crippen LogP contribution in [0.3, 0.4) is 0 Å². The summed E-state index contributed by atoms with van der Waals surface area (Å²) in [5.74, 6) is 0.778. The molecule has 1 amide bonds. The van der Waals surface area contributed by atoms with E-state index in [2.05, 4.69) is 15.6 Å². The van der Waals surface area contributed by atoms with Crippen molar-refractivity contribution in [1.29, 1.82) is 0 Å². The summed E-state index contributed by atoms with van der Waals surface area (Å²) >= 11 is 0. The van der Waals surface area contributed by atoms with E-state index < -0.39 is 0 Å². The number of hydrogen-bond acceptors (Lipinski definition) is 3. The average molecular weight is 296 g/mol. The summed E-state index contributed by atoms with van der Waals surface area (Å²) in [7, 11) is 0. The van der Waals surface area contributed by atoms with E-state index in [0.717, 1.165) is 17.8 Å². The van der Waals surface area contributed by atoms with Crippen LogP contribution in [0.5, 0.6) is 0 Å². The lowest BCUT2D eigenvalue weighted by Gasteiger charge is -2.24. The van der Waals surface area contributed by atoms with Crippen LogP contribution in [0.2, 0.25) is 0 Å². The van der Waals surface area contributed by atoms with Gasteiger partial charge in [0.25, 0.3) is 0 Å². The van der Waals surface area contributed by atoms with Crippen LogP contribution >= 0.6 is 12.4 Å². The minimum Gasteiger partial charge on any atom is -0.323 e. The molecule has 0 aromatic carbocycles. The van der Waals surface area contributed by atoms with E-state index in [-0.39, 0.29) is 24.4 Å². The lowest BCUT2D eigenvalue weighted by atomic mass is 9.85. The molecule has 1 aliphatic heterocycles. The van der Waals surface area contributed by atoms with Crippen LogP contribution in [-0.2, 0) is 4.79 Å². The Morgan fingerprint density at radius 1 is 1.35 bits per heavy atom. The number of nitrogens with one attached hydrogen (secondary N) is 2. The highest BCUT2D eigenvalue weighted by Gasteiger charge is 2.38. The molecule has 1 saturated heterocycles. The lowest BCUT2D eigenvalue weighted by molar-refractivity contribution is -0.117. The molecule has 1 aliphatic carbocycles. The van der Waals surface area contributed by atoms with Crippen molar-refractivity contribution in [3.8, 4) is 0 Å². The predicted octanol–water partition coefficient (Wildman–Crippen LogP) is 2.67. The second kappa shape index (κ2) is 6.55. The third kappa shape index (κ3) is 3.30. The Morgan fingerprint density at radius 3 is 2.85 bits per heavy atom. The van der Waals surface area contributed by atoms with Crippen LogP contribution in [0.25, 0.3) is 0 Å². The van der Waals surface area contributed by atoms with Gasteiger partial charge in [-0.25, -0.2) is 0 Å². The fraction of sp³-hybridized carbons (Fsp3) is 0.600. The van der Waals surface area contributed by atoms with Gasteiger partial charge in [-0.2, -0.15) is 0 Å². The third-order valence-corrected chi connectivity index (χ3v) is 4.36. The summed E-state index contributed by atoms with van der Waals surface area (Å²) in [4.78, 5) is 16.4. The van der Waals surface area contributed by atoms with Gasteiger partial charge in [-0.3, -0.25) is 9.78 Å². The molecular formula is C15H22ClN3O. The third-order valence-electron chi connectivity index (χ3n) is 4.36. The molecule has 1 saturated carbocycles. The van der Waals surface area contributed by atoms with Crippen LogP contribution in [-0.4, -0.2) is 23.0 Å². The molecule has 0 bridgehead atoms. The Hall–Kier alpha value is -1.13. The van der Waals surface area contributed by atoms with E-state index >= 15 is 0 Å². The SMILES string of the molecule is Cc1ccc(NC(=O)C2CC3CCCCC3N2)cn1.Cl. The molecule has 0 spiro atoms. The molecule has 5 heteroatoms. The maximum Gasteiger partial charge on any atom is 0.241 e. The number of aromatic nitrogens is 1. The van der Waals surface area contributed by atoms with Gasteiger partial charge in [-0.15, -0.1) is 12.4 Å². The highest BCUT2D eigenvalue weighted by Crippen LogP contribution is 2.33. The van der Waals surface area contributed by atoms with Gasteiger partial charge >= 0.3 is 0 Å². The summed E-state index contributed by atoms with van der Waals surface area (Å²) in [6.45, 7) is 1.94. The molecule has 3 unspecified atom stereocenters. The zero-order valence-electron chi connectivity index (χ0n) is 11.8. The quantitative estimate of drug-likeness (QED) is 0.882. The van der Waals surface area contributed by atoms with Gasteiger partial charge in [-0.05, 0) is 44.2 Å². The van der Waals surface area contributed by atoms with E-state index in [1.165, 1.54) is 25.7 Å². The van der Waals surface area contributed by atoms with E-state index in [4.69, 9.17) is 0 Å². The summed E-state index contributed by atoms with van der Waals surface area (Å²) in [6, 6.07) is 4.34. The van der Waals surface area contributed by atoms with Gasteiger partial charge in [0, 0.05) is 11.7 Å². The Balaban J connectivity index is 0.00000147. The highest BCUT2D eigenvalue weighted by molar-refractivity contribution is 5.95. The van der Waals surface area contributed by atoms with Gasteiger partial charge in [-0.1, -0.05) is 12.8 Å². The maximum absolute atomic E-state index is 12.2. The van der Waals surface area contributed by atoms with Crippen molar-refractivity contribution in [2.45, 2.75) is 51.1 Å². The molecule has 1 aromatic heterocycles. The molecule has 2 fully saturated rings. The molecule has 0 radical (unpaired) electrons. The van der Waals surface area contributed by atoms with E-state index in [1.54, 1.807) is 6.20 Å². The molecule has 3 rings (SSSR count). The fourth-order valence-corrected chi connectivity index (χ4v) is 3.29. The number of carbonyl (C=O) groups is 1. The number of hydrogen-bond donors (Lipinski definition) is 2. The normalized spacial score (nSPS) is 28.4. The Bertz CT molecular complexity index is 449. The van der Waals surface area contributed by atoms with E-state index in [1.807, 2.05) is 19.1 Å². The number of amides is 1. The maximum atomic E-state index is 12.2. The minimum atomic E-state index is -0.0330. The molecule has 2 heterocycles. The largest absolute Gasteiger partial charge is 0.323 e. The van der Waals surface area contributed by atoms with Gasteiger partial charge in [0.15, 0.2) is 0 Å². The van der Waals surface area contributed by atoms with Gasteiger partial charge < -0.3 is 10.6 Å². The van der Waals surface area contributed by atoms with Crippen molar-refractivity contribution in [2.24, 2.45) is 5.92 Å². The van der Waals surface area contributed by atoms with Crippen molar-refractivity contribution >= 4 is 24.0 Å². The first-order chi connectivity index (χ1) is 9.22. The first kappa shape index (κ1) is 15.3. The molecule has 3 atom stereocenters. The standard InChI is InChI=1S/C15H21N3O.ClH/c1-10-6-7-12(9-16-10)17-15(19)14-8-11-4-2-3-5-13(11)18-14;/h6-7,9,11,13-14,18H,2-5,8H2,1H3,(H,17,19);1H. The van der Waals surface area contributed by atoms with Crippen molar-refractivity contribution in [2.75, 3.05) is 5.32 Å². The molecule has 2 aliphatic rings. The van der Waals surface area contributed by atoms with Crippen LogP contribution in [0.1, 0.15) is 37.8 Å². The molecular weight excluding hydrogens is 274 g/mol. The number of nitrogens with zero attached hydrogens (tertiary/aromatic N) is 1. The number of pyridine rings is 1. The molecule has 2 N–H and O–H groups in total. The Morgan fingerprint density at radius 2 is 2.15 bits per heavy atom. The van der Waals surface area contributed by atoms with Gasteiger partial charge in [0.05, 0.1) is 17.9 Å². The predicted molar refractivity (Wildman–Crippen MR) is 82.1 cm³/mol. The number of fused-ring (bicyclic) bond motifs is 1. The van der Waals surface area contributed by atoms with Crippen molar-refractivity contribution in [3.05, 3.63) is 24.0 Å². The average Bonchev–Trinajstić information content (AvgIpc) is 2.85. The van der Waals surface area contributed by atoms with Crippen LogP contribution < -0.4 is 10.6 Å². The van der Waals surface area contributed by atoms with Crippen LogP contribution in [0, 0.1) is 12.8 Å². The second-order valence-corrected chi connectivity index (χ2v) is 5.78. The monoisotopic (exact) mass is 295 g/mol. The van der Waals surface area contributed by atoms with Gasteiger partial charge in [0.1, 0.15) is 0 Å². The molecule has 4 nitrogen and oxygen atoms in total. The summed E-state index contributed by atoms with van der Waals surface area (Å²) < 4.78 is 0. The van der Waals surface area contributed by atoms with Crippen LogP contribution in [0.15, 0.2) is 18.3 Å². The zero-order chi connectivity index (χ0) is 13.2. The van der Waals surface area contributed by atoms with Crippen molar-refractivity contribution in [1.82, 2.24) is 10.3 Å². The first-order valence-corrected chi connectivity index (χ1v) is 7.22. The van der Waals surface area contributed by atoms with E-state index in [9.17, 15) is 4.79 Å². The second-order valence-electron chi connectivity index (χ2n) is 5.78. The number of carbonyl (C=O) groups excluding carboxylic acids is 1. The smallest absolute Gasteiger partial charge is 0.241 e. The lowest BCUT2D eigenvalue weighted by Crippen LogP contribution is -2.39. The van der Waals surface area contributed by atoms with Crippen LogP contribution in [0.4, 0.5) is 5.69 Å². The summed E-state index contributed by atoms with van der Waals surface area (Å²) in [5.41, 5.74) is 1.75. The molecule has 20 heavy (non-hydrogen) atoms. The zero-order valence-corrected chi connectivity index (χ0v) is 12.6. The summed E-state index contributed by atoms with van der Waals surface area (Å²) in [5, 5.41) is 6.45. The highest BCUT2D eigenvalue weighted by atomic mass is 35.5. The summed E-state index contributed by atoms with van der Waals surface area (Å²) in [6.07, 6.45) is 7.81. The fourth-order valence-electron chi connectivity index (χ4n) is 3.29. The topological polar surface area (TPSA) is 54.0 Å². The first-order valence-electron chi connectivity index (χ1n) is 7.22. The Labute approximate surface area is 126 Å². The minimum absolute atomic E-state index is 0. The number of halogens is 1. The number of anilines is 1. The van der Waals surface area contributed by atoms with Crippen molar-refractivity contribution in [3.63, 3.8) is 0 Å². The number of rotatable bonds is 2. The molecule has 110 valence electrons. The van der Waals surface area contributed by atoms with Crippen molar-refractivity contribution < 1.29 is 4.79 Å². The van der Waals surface area contributed by atoms with Gasteiger partial charge in [0.2, 0.25) is 5.91 Å².